The summed E-state index contributed by atoms with van der Waals surface area (Å²) in [7, 11) is -4.13. The number of hydrogen-bond donors (Lipinski definition) is 3. The van der Waals surface area contributed by atoms with E-state index in [0.717, 1.165) is 29.7 Å². The lowest BCUT2D eigenvalue weighted by atomic mass is 9.90. The number of carbonyl (C=O) groups is 2. The van der Waals surface area contributed by atoms with E-state index in [9.17, 15) is 18.0 Å². The molecule has 2 aromatic carbocycles. The van der Waals surface area contributed by atoms with Gasteiger partial charge in [0.1, 0.15) is 0 Å². The smallest absolute Gasteiger partial charge is 0.266 e. The fourth-order valence-electron chi connectivity index (χ4n) is 3.42. The first-order chi connectivity index (χ1) is 15.3. The van der Waals surface area contributed by atoms with Gasteiger partial charge in [-0.25, -0.2) is 0 Å². The average molecular weight is 455 g/mol. The molecule has 2 amide bonds. The van der Waals surface area contributed by atoms with Gasteiger partial charge in [-0.3, -0.25) is 14.1 Å². The quantitative estimate of drug-likeness (QED) is 0.504. The van der Waals surface area contributed by atoms with Crippen LogP contribution in [0.25, 0.3) is 0 Å². The zero-order chi connectivity index (χ0) is 23.0. The molecule has 0 aliphatic heterocycles. The molecule has 2 aromatic rings. The number of allylic oxidation sites excluding steroid dienone is 4. The lowest BCUT2D eigenvalue weighted by molar-refractivity contribution is -0.121. The van der Waals surface area contributed by atoms with Crippen LogP contribution in [0, 0.1) is 0 Å². The molecule has 0 bridgehead atoms. The fourth-order valence-corrected chi connectivity index (χ4v) is 3.78. The van der Waals surface area contributed by atoms with E-state index >= 15 is 0 Å². The molecule has 0 aromatic heterocycles. The highest BCUT2D eigenvalue weighted by molar-refractivity contribution is 7.85. The summed E-state index contributed by atoms with van der Waals surface area (Å²) in [5, 5.41) is 5.49. The van der Waals surface area contributed by atoms with E-state index in [-0.39, 0.29) is 12.5 Å². The molecule has 0 saturated heterocycles. The first kappa shape index (κ1) is 23.4. The van der Waals surface area contributed by atoms with Gasteiger partial charge in [0.05, 0.1) is 11.7 Å². The second kappa shape index (κ2) is 10.9. The molecule has 1 aliphatic rings. The molecule has 0 heterocycles. The number of benzene rings is 2. The average Bonchev–Trinajstić information content (AvgIpc) is 2.78. The van der Waals surface area contributed by atoms with Gasteiger partial charge in [0.25, 0.3) is 16.0 Å². The molecule has 3 rings (SSSR count). The largest absolute Gasteiger partial charge is 0.351 e. The molecule has 168 valence electrons. The van der Waals surface area contributed by atoms with Gasteiger partial charge in [-0.15, -0.1) is 0 Å². The van der Waals surface area contributed by atoms with Crippen molar-refractivity contribution < 1.29 is 22.6 Å². The Morgan fingerprint density at radius 3 is 2.38 bits per heavy atom. The molecule has 0 saturated carbocycles. The molecule has 0 fully saturated rings. The molecule has 0 radical (unpaired) electrons. The third kappa shape index (κ3) is 7.18. The minimum Gasteiger partial charge on any atom is -0.351 e. The monoisotopic (exact) mass is 454 g/mol. The van der Waals surface area contributed by atoms with Crippen LogP contribution in [0.15, 0.2) is 78.5 Å². The van der Waals surface area contributed by atoms with Crippen molar-refractivity contribution in [1.82, 2.24) is 10.6 Å². The summed E-state index contributed by atoms with van der Waals surface area (Å²) >= 11 is 0. The van der Waals surface area contributed by atoms with Gasteiger partial charge in [0.15, 0.2) is 0 Å². The molecule has 3 N–H and O–H groups in total. The predicted molar refractivity (Wildman–Crippen MR) is 123 cm³/mol. The minimum absolute atomic E-state index is 0.0789. The molecule has 1 aliphatic carbocycles. The Bertz CT molecular complexity index is 1110. The van der Waals surface area contributed by atoms with Crippen molar-refractivity contribution in [2.24, 2.45) is 0 Å². The Morgan fingerprint density at radius 2 is 1.75 bits per heavy atom. The summed E-state index contributed by atoms with van der Waals surface area (Å²) in [6.07, 6.45) is 8.07. The van der Waals surface area contributed by atoms with Crippen molar-refractivity contribution >= 4 is 21.9 Å². The number of carbonyl (C=O) groups excluding carboxylic acids is 2. The van der Waals surface area contributed by atoms with Crippen molar-refractivity contribution in [2.75, 3.05) is 12.3 Å². The summed E-state index contributed by atoms with van der Waals surface area (Å²) in [6.45, 7) is -0.180. The Balaban J connectivity index is 1.69. The predicted octanol–water partition coefficient (Wildman–Crippen LogP) is 2.98. The van der Waals surface area contributed by atoms with Crippen LogP contribution in [0.1, 0.15) is 40.2 Å². The highest BCUT2D eigenvalue weighted by atomic mass is 32.2. The Labute approximate surface area is 188 Å². The van der Waals surface area contributed by atoms with Crippen LogP contribution >= 0.6 is 0 Å². The highest BCUT2D eigenvalue weighted by Gasteiger charge is 2.22. The van der Waals surface area contributed by atoms with Crippen LogP contribution in [-0.4, -0.2) is 37.1 Å². The molecule has 8 heteroatoms. The third-order valence-electron chi connectivity index (χ3n) is 5.12. The minimum atomic E-state index is -4.13. The van der Waals surface area contributed by atoms with E-state index in [1.165, 1.54) is 0 Å². The molecule has 1 atom stereocenters. The van der Waals surface area contributed by atoms with Crippen molar-refractivity contribution in [3.63, 3.8) is 0 Å². The maximum atomic E-state index is 13.1. The van der Waals surface area contributed by atoms with Crippen molar-refractivity contribution in [2.45, 2.75) is 25.2 Å². The fraction of sp³-hybridized carbons (Fsp3) is 0.250. The van der Waals surface area contributed by atoms with Crippen LogP contribution in [0.5, 0.6) is 0 Å². The van der Waals surface area contributed by atoms with Crippen LogP contribution in [0.2, 0.25) is 0 Å². The number of hydrogen-bond acceptors (Lipinski definition) is 4. The molecular formula is C24H26N2O5S. The maximum Gasteiger partial charge on any atom is 0.266 e. The van der Waals surface area contributed by atoms with Crippen molar-refractivity contribution in [3.05, 3.63) is 95.2 Å². The number of rotatable bonds is 9. The second-order valence-electron chi connectivity index (χ2n) is 7.55. The standard InChI is InChI=1S/C24H26N2O5S/c27-23(25-15-16-32(29,30)31)20-13-11-18(12-14-20)17-22(19-7-3-1-4-8-19)24(28)26-21-9-5-2-6-10-21/h1-5,7-9,11-14,22H,6,10,15-17H2,(H,25,27)(H,26,28)(H,29,30,31). The van der Waals surface area contributed by atoms with E-state index in [0.29, 0.717) is 12.0 Å². The lowest BCUT2D eigenvalue weighted by Gasteiger charge is -2.19. The number of nitrogens with one attached hydrogen (secondary N) is 2. The van der Waals surface area contributed by atoms with Crippen LogP contribution in [0.3, 0.4) is 0 Å². The van der Waals surface area contributed by atoms with Crippen LogP contribution < -0.4 is 10.6 Å². The maximum absolute atomic E-state index is 13.1. The summed E-state index contributed by atoms with van der Waals surface area (Å²) < 4.78 is 30.3. The zero-order valence-electron chi connectivity index (χ0n) is 17.5. The first-order valence-electron chi connectivity index (χ1n) is 10.4. The van der Waals surface area contributed by atoms with Gasteiger partial charge in [-0.1, -0.05) is 54.6 Å². The van der Waals surface area contributed by atoms with Crippen LogP contribution in [0.4, 0.5) is 0 Å². The summed E-state index contributed by atoms with van der Waals surface area (Å²) in [5.41, 5.74) is 3.06. The SMILES string of the molecule is O=C(NCCS(=O)(=O)O)c1ccc(CC(C(=O)NC2=CC=CCC2)c2ccccc2)cc1. The summed E-state index contributed by atoms with van der Waals surface area (Å²) in [5.74, 6) is -1.45. The second-order valence-corrected chi connectivity index (χ2v) is 9.13. The van der Waals surface area contributed by atoms with E-state index in [4.69, 9.17) is 4.55 Å². The highest BCUT2D eigenvalue weighted by Crippen LogP contribution is 2.23. The summed E-state index contributed by atoms with van der Waals surface area (Å²) in [6, 6.07) is 16.4. The van der Waals surface area contributed by atoms with Gasteiger partial charge in [0, 0.05) is 17.8 Å². The molecule has 1 unspecified atom stereocenters. The molecule has 32 heavy (non-hydrogen) atoms. The van der Waals surface area contributed by atoms with E-state index in [1.54, 1.807) is 24.3 Å². The van der Waals surface area contributed by atoms with Gasteiger partial charge >= 0.3 is 0 Å². The van der Waals surface area contributed by atoms with Crippen LogP contribution in [-0.2, 0) is 21.3 Å². The van der Waals surface area contributed by atoms with Crippen molar-refractivity contribution in [1.29, 1.82) is 0 Å². The van der Waals surface area contributed by atoms with E-state index < -0.39 is 27.7 Å². The first-order valence-corrected chi connectivity index (χ1v) is 12.0. The molecular weight excluding hydrogens is 428 g/mol. The normalized spacial score (nSPS) is 14.3. The zero-order valence-corrected chi connectivity index (χ0v) is 18.3. The molecule has 7 nitrogen and oxygen atoms in total. The van der Waals surface area contributed by atoms with E-state index in [2.05, 4.69) is 16.7 Å². The van der Waals surface area contributed by atoms with Gasteiger partial charge < -0.3 is 10.6 Å². The van der Waals surface area contributed by atoms with Gasteiger partial charge in [0.2, 0.25) is 5.91 Å². The Morgan fingerprint density at radius 1 is 1.03 bits per heavy atom. The molecule has 0 spiro atoms. The third-order valence-corrected chi connectivity index (χ3v) is 5.84. The Hall–Kier alpha value is -3.23. The topological polar surface area (TPSA) is 113 Å². The van der Waals surface area contributed by atoms with Gasteiger partial charge in [-0.05, 0) is 48.6 Å². The number of amides is 2. The van der Waals surface area contributed by atoms with Crippen molar-refractivity contribution in [3.8, 4) is 0 Å². The Kier molecular flexibility index (Phi) is 7.97. The van der Waals surface area contributed by atoms with Gasteiger partial charge in [-0.2, -0.15) is 8.42 Å². The summed E-state index contributed by atoms with van der Waals surface area (Å²) in [4.78, 5) is 25.2. The lowest BCUT2D eigenvalue weighted by Crippen LogP contribution is -2.30. The van der Waals surface area contributed by atoms with E-state index in [1.807, 2.05) is 42.5 Å².